The Morgan fingerprint density at radius 2 is 2.00 bits per heavy atom. The van der Waals surface area contributed by atoms with E-state index in [1.54, 1.807) is 0 Å². The van der Waals surface area contributed by atoms with Gasteiger partial charge in [0.25, 0.3) is 0 Å². The van der Waals surface area contributed by atoms with Crippen molar-refractivity contribution in [3.63, 3.8) is 0 Å². The van der Waals surface area contributed by atoms with Gasteiger partial charge in [-0.1, -0.05) is 13.8 Å². The molecule has 0 aromatic heterocycles. The zero-order valence-electron chi connectivity index (χ0n) is 10.2. The van der Waals surface area contributed by atoms with Crippen LogP contribution in [0.25, 0.3) is 0 Å². The molecule has 0 bridgehead atoms. The third-order valence-corrected chi connectivity index (χ3v) is 2.27. The highest BCUT2D eigenvalue weighted by Crippen LogP contribution is 2.06. The Bertz CT molecular complexity index is 197. The van der Waals surface area contributed by atoms with Crippen LogP contribution in [-0.2, 0) is 4.79 Å². The second-order valence-electron chi connectivity index (χ2n) is 5.10. The average molecular weight is 216 g/mol. The Kier molecular flexibility index (Phi) is 5.83. The summed E-state index contributed by atoms with van der Waals surface area (Å²) in [5.74, 6) is 0.115. The molecule has 0 heterocycles. The van der Waals surface area contributed by atoms with Crippen LogP contribution in [0.2, 0.25) is 0 Å². The van der Waals surface area contributed by atoms with Crippen LogP contribution in [-0.4, -0.2) is 29.2 Å². The molecule has 0 rings (SSSR count). The Morgan fingerprint density at radius 3 is 2.40 bits per heavy atom. The quantitative estimate of drug-likeness (QED) is 0.610. The molecule has 0 aromatic rings. The minimum Gasteiger partial charge on any atom is -0.391 e. The number of amides is 1. The van der Waals surface area contributed by atoms with Crippen molar-refractivity contribution in [1.82, 2.24) is 5.32 Å². The number of nitrogens with one attached hydrogen (secondary N) is 1. The SMILES string of the molecule is CC(C)C(O)CNC(=O)CCC(C)(C)N. The molecule has 0 fully saturated rings. The summed E-state index contributed by atoms with van der Waals surface area (Å²) in [5, 5.41) is 12.2. The van der Waals surface area contributed by atoms with Gasteiger partial charge in [-0.25, -0.2) is 0 Å². The molecule has 0 aliphatic rings. The predicted molar refractivity (Wildman–Crippen MR) is 61.4 cm³/mol. The summed E-state index contributed by atoms with van der Waals surface area (Å²) in [7, 11) is 0. The number of aliphatic hydroxyl groups excluding tert-OH is 1. The highest BCUT2D eigenvalue weighted by atomic mass is 16.3. The molecule has 1 amide bonds. The first-order valence-corrected chi connectivity index (χ1v) is 5.46. The minimum atomic E-state index is -0.472. The lowest BCUT2D eigenvalue weighted by atomic mass is 10.00. The predicted octanol–water partition coefficient (Wildman–Crippen LogP) is 0.637. The third-order valence-electron chi connectivity index (χ3n) is 2.27. The van der Waals surface area contributed by atoms with Crippen molar-refractivity contribution in [2.45, 2.75) is 52.2 Å². The number of rotatable bonds is 6. The molecule has 0 aliphatic heterocycles. The van der Waals surface area contributed by atoms with E-state index in [0.29, 0.717) is 19.4 Å². The molecule has 0 radical (unpaired) electrons. The first kappa shape index (κ1) is 14.4. The number of hydrogen-bond donors (Lipinski definition) is 3. The van der Waals surface area contributed by atoms with Crippen molar-refractivity contribution >= 4 is 5.91 Å². The molecule has 4 nitrogen and oxygen atoms in total. The van der Waals surface area contributed by atoms with Gasteiger partial charge in [0.05, 0.1) is 6.10 Å². The van der Waals surface area contributed by atoms with Gasteiger partial charge in [-0.3, -0.25) is 4.79 Å². The van der Waals surface area contributed by atoms with Crippen LogP contribution in [0.3, 0.4) is 0 Å². The van der Waals surface area contributed by atoms with Crippen LogP contribution in [0, 0.1) is 5.92 Å². The summed E-state index contributed by atoms with van der Waals surface area (Å²) in [4.78, 5) is 11.3. The molecule has 0 aliphatic carbocycles. The van der Waals surface area contributed by atoms with Crippen LogP contribution in [0.5, 0.6) is 0 Å². The molecule has 4 heteroatoms. The molecule has 0 spiro atoms. The van der Waals surface area contributed by atoms with Gasteiger partial charge in [0.1, 0.15) is 0 Å². The number of nitrogens with two attached hydrogens (primary N) is 1. The maximum absolute atomic E-state index is 11.3. The van der Waals surface area contributed by atoms with E-state index >= 15 is 0 Å². The van der Waals surface area contributed by atoms with E-state index in [0.717, 1.165) is 0 Å². The molecule has 90 valence electrons. The van der Waals surface area contributed by atoms with Gasteiger partial charge >= 0.3 is 0 Å². The second-order valence-corrected chi connectivity index (χ2v) is 5.10. The highest BCUT2D eigenvalue weighted by molar-refractivity contribution is 5.75. The van der Waals surface area contributed by atoms with Crippen molar-refractivity contribution in [3.8, 4) is 0 Å². The lowest BCUT2D eigenvalue weighted by molar-refractivity contribution is -0.122. The Morgan fingerprint density at radius 1 is 1.47 bits per heavy atom. The molecular weight excluding hydrogens is 192 g/mol. The Hall–Kier alpha value is -0.610. The van der Waals surface area contributed by atoms with Crippen molar-refractivity contribution in [2.24, 2.45) is 11.7 Å². The number of carbonyl (C=O) groups is 1. The fraction of sp³-hybridized carbons (Fsp3) is 0.909. The van der Waals surface area contributed by atoms with E-state index in [-0.39, 0.29) is 17.4 Å². The van der Waals surface area contributed by atoms with E-state index < -0.39 is 6.10 Å². The molecule has 4 N–H and O–H groups in total. The first-order valence-electron chi connectivity index (χ1n) is 5.46. The monoisotopic (exact) mass is 216 g/mol. The van der Waals surface area contributed by atoms with Crippen LogP contribution in [0.4, 0.5) is 0 Å². The van der Waals surface area contributed by atoms with Gasteiger partial charge < -0.3 is 16.2 Å². The van der Waals surface area contributed by atoms with Crippen LogP contribution >= 0.6 is 0 Å². The number of carbonyl (C=O) groups excluding carboxylic acids is 1. The number of aliphatic hydroxyl groups is 1. The van der Waals surface area contributed by atoms with Gasteiger partial charge in [-0.2, -0.15) is 0 Å². The minimum absolute atomic E-state index is 0.0479. The lowest BCUT2D eigenvalue weighted by Gasteiger charge is -2.19. The fourth-order valence-corrected chi connectivity index (χ4v) is 0.978. The van der Waals surface area contributed by atoms with E-state index in [2.05, 4.69) is 5.32 Å². The smallest absolute Gasteiger partial charge is 0.220 e. The van der Waals surface area contributed by atoms with E-state index in [1.165, 1.54) is 0 Å². The first-order chi connectivity index (χ1) is 6.72. The zero-order chi connectivity index (χ0) is 12.1. The van der Waals surface area contributed by atoms with Gasteiger partial charge in [0, 0.05) is 18.5 Å². The maximum Gasteiger partial charge on any atom is 0.220 e. The summed E-state index contributed by atoms with van der Waals surface area (Å²) >= 11 is 0. The molecule has 0 saturated heterocycles. The molecule has 0 saturated carbocycles. The molecular formula is C11H24N2O2. The summed E-state index contributed by atoms with van der Waals surface area (Å²) in [5.41, 5.74) is 5.45. The zero-order valence-corrected chi connectivity index (χ0v) is 10.2. The van der Waals surface area contributed by atoms with Crippen LogP contribution in [0.15, 0.2) is 0 Å². The summed E-state index contributed by atoms with van der Waals surface area (Å²) in [6.07, 6.45) is 0.588. The van der Waals surface area contributed by atoms with Gasteiger partial charge in [0.2, 0.25) is 5.91 Å². The third kappa shape index (κ3) is 8.39. The molecule has 0 aromatic carbocycles. The van der Waals surface area contributed by atoms with Crippen LogP contribution in [0.1, 0.15) is 40.5 Å². The summed E-state index contributed by atoms with van der Waals surface area (Å²) in [6.45, 7) is 7.94. The topological polar surface area (TPSA) is 75.3 Å². The van der Waals surface area contributed by atoms with Gasteiger partial charge in [-0.05, 0) is 26.2 Å². The molecule has 15 heavy (non-hydrogen) atoms. The Balaban J connectivity index is 3.67. The number of hydrogen-bond acceptors (Lipinski definition) is 3. The summed E-state index contributed by atoms with van der Waals surface area (Å²) in [6, 6.07) is 0. The van der Waals surface area contributed by atoms with Crippen molar-refractivity contribution in [3.05, 3.63) is 0 Å². The van der Waals surface area contributed by atoms with E-state index in [4.69, 9.17) is 5.73 Å². The van der Waals surface area contributed by atoms with Crippen molar-refractivity contribution < 1.29 is 9.90 Å². The van der Waals surface area contributed by atoms with Crippen LogP contribution < -0.4 is 11.1 Å². The normalized spacial score (nSPS) is 14.1. The standard InChI is InChI=1S/C11H24N2O2/c1-8(2)9(14)7-13-10(15)5-6-11(3,4)12/h8-9,14H,5-7,12H2,1-4H3,(H,13,15). The van der Waals surface area contributed by atoms with Crippen molar-refractivity contribution in [1.29, 1.82) is 0 Å². The lowest BCUT2D eigenvalue weighted by Crippen LogP contribution is -2.37. The second kappa shape index (κ2) is 6.08. The largest absolute Gasteiger partial charge is 0.391 e. The fourth-order valence-electron chi connectivity index (χ4n) is 0.978. The van der Waals surface area contributed by atoms with Gasteiger partial charge in [-0.15, -0.1) is 0 Å². The summed E-state index contributed by atoms with van der Waals surface area (Å²) < 4.78 is 0. The highest BCUT2D eigenvalue weighted by Gasteiger charge is 2.14. The maximum atomic E-state index is 11.3. The van der Waals surface area contributed by atoms with Crippen molar-refractivity contribution in [2.75, 3.05) is 6.54 Å². The molecule has 1 atom stereocenters. The average Bonchev–Trinajstić information content (AvgIpc) is 2.09. The van der Waals surface area contributed by atoms with E-state index in [1.807, 2.05) is 27.7 Å². The molecule has 1 unspecified atom stereocenters. The Labute approximate surface area is 92.2 Å². The van der Waals surface area contributed by atoms with Gasteiger partial charge in [0.15, 0.2) is 0 Å². The van der Waals surface area contributed by atoms with E-state index in [9.17, 15) is 9.90 Å².